The van der Waals surface area contributed by atoms with E-state index in [1.54, 1.807) is 21.1 Å². The first-order valence-electron chi connectivity index (χ1n) is 8.14. The van der Waals surface area contributed by atoms with Gasteiger partial charge in [0.1, 0.15) is 0 Å². The van der Waals surface area contributed by atoms with Gasteiger partial charge >= 0.3 is 11.7 Å². The third kappa shape index (κ3) is 2.93. The van der Waals surface area contributed by atoms with Crippen LogP contribution in [0.25, 0.3) is 11.0 Å². The Hall–Kier alpha value is -2.57. The normalized spacial score (nSPS) is 18.0. The molecule has 1 fully saturated rings. The Balaban J connectivity index is 1.72. The van der Waals surface area contributed by atoms with Gasteiger partial charge in [0, 0.05) is 33.1 Å². The molecule has 1 aliphatic rings. The molecule has 1 aromatic heterocycles. The predicted molar refractivity (Wildman–Crippen MR) is 88.7 cm³/mol. The number of rotatable bonds is 4. The number of benzene rings is 1. The van der Waals surface area contributed by atoms with Gasteiger partial charge in [0.25, 0.3) is 0 Å². The van der Waals surface area contributed by atoms with Crippen LogP contribution in [0.3, 0.4) is 0 Å². The number of carbonyl (C=O) groups excluding carboxylic acids is 1. The standard InChI is InChI=1S/C17H21N3O4/c1-18-13-6-2-3-7-14(13)20(17(18)24)10-8-15(21)19-9-4-5-12(11-19)16(22)23/h2-3,6-7,12H,4-5,8-11H2,1H3,(H,22,23). The number of nitrogens with zero attached hydrogens (tertiary/aromatic N) is 3. The number of carboxylic acid groups (broad SMARTS) is 1. The molecule has 0 saturated carbocycles. The van der Waals surface area contributed by atoms with Crippen LogP contribution in [-0.2, 0) is 23.2 Å². The van der Waals surface area contributed by atoms with E-state index in [4.69, 9.17) is 5.11 Å². The molecule has 7 nitrogen and oxygen atoms in total. The highest BCUT2D eigenvalue weighted by Crippen LogP contribution is 2.18. The largest absolute Gasteiger partial charge is 0.481 e. The molecular weight excluding hydrogens is 310 g/mol. The molecule has 1 aromatic carbocycles. The second-order valence-electron chi connectivity index (χ2n) is 6.25. The van der Waals surface area contributed by atoms with E-state index < -0.39 is 11.9 Å². The third-order valence-corrected chi connectivity index (χ3v) is 4.72. The van der Waals surface area contributed by atoms with E-state index in [-0.39, 0.29) is 24.6 Å². The minimum Gasteiger partial charge on any atom is -0.481 e. The maximum atomic E-state index is 12.4. The van der Waals surface area contributed by atoms with Crippen molar-refractivity contribution in [2.45, 2.75) is 25.8 Å². The summed E-state index contributed by atoms with van der Waals surface area (Å²) in [7, 11) is 1.71. The van der Waals surface area contributed by atoms with Crippen molar-refractivity contribution in [1.29, 1.82) is 0 Å². The number of para-hydroxylation sites is 2. The van der Waals surface area contributed by atoms with Crippen molar-refractivity contribution in [3.63, 3.8) is 0 Å². The smallest absolute Gasteiger partial charge is 0.328 e. The first-order valence-corrected chi connectivity index (χ1v) is 8.14. The zero-order chi connectivity index (χ0) is 17.3. The Kier molecular flexibility index (Phi) is 4.42. The molecule has 24 heavy (non-hydrogen) atoms. The second kappa shape index (κ2) is 6.51. The topological polar surface area (TPSA) is 84.5 Å². The fourth-order valence-electron chi connectivity index (χ4n) is 3.35. The SMILES string of the molecule is Cn1c(=O)n(CCC(=O)N2CCCC(C(=O)O)C2)c2ccccc21. The lowest BCUT2D eigenvalue weighted by molar-refractivity contribution is -0.145. The number of aromatic nitrogens is 2. The van der Waals surface area contributed by atoms with Crippen molar-refractivity contribution in [3.05, 3.63) is 34.7 Å². The van der Waals surface area contributed by atoms with E-state index in [9.17, 15) is 14.4 Å². The molecule has 2 aromatic rings. The molecule has 0 spiro atoms. The minimum atomic E-state index is -0.849. The number of fused-ring (bicyclic) bond motifs is 1. The quantitative estimate of drug-likeness (QED) is 0.908. The van der Waals surface area contributed by atoms with Crippen LogP contribution in [0.4, 0.5) is 0 Å². The molecule has 1 amide bonds. The number of piperidine rings is 1. The maximum absolute atomic E-state index is 12.4. The molecule has 1 aliphatic heterocycles. The number of hydrogen-bond acceptors (Lipinski definition) is 3. The molecule has 0 bridgehead atoms. The Morgan fingerprint density at radius 2 is 1.96 bits per heavy atom. The average molecular weight is 331 g/mol. The number of amides is 1. The Morgan fingerprint density at radius 3 is 2.67 bits per heavy atom. The monoisotopic (exact) mass is 331 g/mol. The molecule has 0 aliphatic carbocycles. The fraction of sp³-hybridized carbons (Fsp3) is 0.471. The van der Waals surface area contributed by atoms with Crippen LogP contribution in [0.5, 0.6) is 0 Å². The summed E-state index contributed by atoms with van der Waals surface area (Å²) in [6, 6.07) is 7.47. The van der Waals surface area contributed by atoms with Crippen molar-refractivity contribution >= 4 is 22.9 Å². The van der Waals surface area contributed by atoms with E-state index in [1.165, 1.54) is 0 Å². The van der Waals surface area contributed by atoms with E-state index in [0.717, 1.165) is 11.0 Å². The first kappa shape index (κ1) is 16.3. The van der Waals surface area contributed by atoms with Crippen LogP contribution >= 0.6 is 0 Å². The fourth-order valence-corrected chi connectivity index (χ4v) is 3.35. The number of aliphatic carboxylic acids is 1. The number of imidazole rings is 1. The van der Waals surface area contributed by atoms with Gasteiger partial charge in [-0.2, -0.15) is 0 Å². The van der Waals surface area contributed by atoms with Crippen molar-refractivity contribution in [1.82, 2.24) is 14.0 Å². The number of carboxylic acids is 1. The van der Waals surface area contributed by atoms with Crippen LogP contribution in [0.1, 0.15) is 19.3 Å². The summed E-state index contributed by atoms with van der Waals surface area (Å²) in [5.41, 5.74) is 1.49. The molecule has 2 heterocycles. The second-order valence-corrected chi connectivity index (χ2v) is 6.25. The molecule has 1 saturated heterocycles. The van der Waals surface area contributed by atoms with Gasteiger partial charge in [-0.3, -0.25) is 18.7 Å². The van der Waals surface area contributed by atoms with Gasteiger partial charge in [-0.25, -0.2) is 4.79 Å². The summed E-state index contributed by atoms with van der Waals surface area (Å²) < 4.78 is 3.17. The van der Waals surface area contributed by atoms with Gasteiger partial charge in [0.05, 0.1) is 17.0 Å². The van der Waals surface area contributed by atoms with Gasteiger partial charge in [-0.15, -0.1) is 0 Å². The molecule has 128 valence electrons. The highest BCUT2D eigenvalue weighted by atomic mass is 16.4. The molecule has 0 radical (unpaired) electrons. The van der Waals surface area contributed by atoms with Crippen LogP contribution in [0.2, 0.25) is 0 Å². The molecule has 1 N–H and O–H groups in total. The molecule has 3 rings (SSSR count). The molecule has 7 heteroatoms. The van der Waals surface area contributed by atoms with Crippen LogP contribution in [-0.4, -0.2) is 44.1 Å². The van der Waals surface area contributed by atoms with Gasteiger partial charge < -0.3 is 10.0 Å². The zero-order valence-corrected chi connectivity index (χ0v) is 13.6. The molecular formula is C17H21N3O4. The highest BCUT2D eigenvalue weighted by Gasteiger charge is 2.28. The zero-order valence-electron chi connectivity index (χ0n) is 13.6. The number of hydrogen-bond donors (Lipinski definition) is 1. The van der Waals surface area contributed by atoms with Gasteiger partial charge in [0.15, 0.2) is 0 Å². The van der Waals surface area contributed by atoms with E-state index in [2.05, 4.69) is 0 Å². The summed E-state index contributed by atoms with van der Waals surface area (Å²) in [6.45, 7) is 1.15. The Morgan fingerprint density at radius 1 is 1.25 bits per heavy atom. The molecule has 1 unspecified atom stereocenters. The lowest BCUT2D eigenvalue weighted by Gasteiger charge is -2.30. The molecule has 1 atom stereocenters. The number of likely N-dealkylation sites (tertiary alicyclic amines) is 1. The Bertz CT molecular complexity index is 836. The van der Waals surface area contributed by atoms with Gasteiger partial charge in [-0.1, -0.05) is 12.1 Å². The summed E-state index contributed by atoms with van der Waals surface area (Å²) in [5, 5.41) is 9.12. The lowest BCUT2D eigenvalue weighted by Crippen LogP contribution is -2.42. The Labute approximate surface area is 139 Å². The number of aryl methyl sites for hydroxylation is 2. The lowest BCUT2D eigenvalue weighted by atomic mass is 9.98. The van der Waals surface area contributed by atoms with E-state index in [1.807, 2.05) is 24.3 Å². The average Bonchev–Trinajstić information content (AvgIpc) is 2.84. The first-order chi connectivity index (χ1) is 11.5. The van der Waals surface area contributed by atoms with Crippen molar-refractivity contribution in [2.75, 3.05) is 13.1 Å². The summed E-state index contributed by atoms with van der Waals surface area (Å²) >= 11 is 0. The maximum Gasteiger partial charge on any atom is 0.328 e. The van der Waals surface area contributed by atoms with Gasteiger partial charge in [-0.05, 0) is 25.0 Å². The minimum absolute atomic E-state index is 0.0965. The van der Waals surface area contributed by atoms with Gasteiger partial charge in [0.2, 0.25) is 5.91 Å². The van der Waals surface area contributed by atoms with Crippen molar-refractivity contribution in [3.8, 4) is 0 Å². The predicted octanol–water partition coefficient (Wildman–Crippen LogP) is 1.05. The van der Waals surface area contributed by atoms with Crippen LogP contribution in [0, 0.1) is 5.92 Å². The number of carbonyl (C=O) groups is 2. The van der Waals surface area contributed by atoms with E-state index in [0.29, 0.717) is 25.9 Å². The summed E-state index contributed by atoms with van der Waals surface area (Å²) in [4.78, 5) is 37.5. The summed E-state index contributed by atoms with van der Waals surface area (Å²) in [6.07, 6.45) is 1.51. The highest BCUT2D eigenvalue weighted by molar-refractivity contribution is 5.79. The summed E-state index contributed by atoms with van der Waals surface area (Å²) in [5.74, 6) is -1.43. The van der Waals surface area contributed by atoms with Crippen LogP contribution < -0.4 is 5.69 Å². The van der Waals surface area contributed by atoms with E-state index >= 15 is 0 Å². The van der Waals surface area contributed by atoms with Crippen LogP contribution in [0.15, 0.2) is 29.1 Å². The van der Waals surface area contributed by atoms with Crippen molar-refractivity contribution in [2.24, 2.45) is 13.0 Å². The van der Waals surface area contributed by atoms with Crippen molar-refractivity contribution < 1.29 is 14.7 Å². The third-order valence-electron chi connectivity index (χ3n) is 4.72.